The second-order valence-corrected chi connectivity index (χ2v) is 7.00. The number of piperidine rings is 1. The monoisotopic (exact) mass is 332 g/mol. The lowest BCUT2D eigenvalue weighted by Gasteiger charge is -2.34. The minimum absolute atomic E-state index is 0.0899. The number of aryl methyl sites for hydroxylation is 1. The Kier molecular flexibility index (Phi) is 6.17. The third kappa shape index (κ3) is 4.69. The number of rotatable bonds is 5. The standard InChI is InChI=1S/C18H28N4O2/c1-12(2)16(17-13(3)6-4-8-20-17)21-18(24)22-9-5-7-14(11-22)10-15(19)23/h4,6,8,12,14,16H,5,7,9-11H2,1-3H3,(H2,19,23)(H,21,24)/t14-,16+/m0/s1. The Bertz CT molecular complexity index is 588. The van der Waals surface area contributed by atoms with Crippen molar-refractivity contribution in [1.82, 2.24) is 15.2 Å². The molecule has 0 radical (unpaired) electrons. The Morgan fingerprint density at radius 1 is 1.46 bits per heavy atom. The highest BCUT2D eigenvalue weighted by Crippen LogP contribution is 2.24. The van der Waals surface area contributed by atoms with E-state index < -0.39 is 0 Å². The summed E-state index contributed by atoms with van der Waals surface area (Å²) in [7, 11) is 0. The lowest BCUT2D eigenvalue weighted by molar-refractivity contribution is -0.119. The predicted molar refractivity (Wildman–Crippen MR) is 93.2 cm³/mol. The van der Waals surface area contributed by atoms with Gasteiger partial charge in [0.2, 0.25) is 5.91 Å². The van der Waals surface area contributed by atoms with Gasteiger partial charge in [-0.25, -0.2) is 4.79 Å². The van der Waals surface area contributed by atoms with Crippen LogP contribution < -0.4 is 11.1 Å². The van der Waals surface area contributed by atoms with Gasteiger partial charge in [0.15, 0.2) is 0 Å². The minimum atomic E-state index is -0.300. The Morgan fingerprint density at radius 2 is 2.21 bits per heavy atom. The number of carbonyl (C=O) groups is 2. The summed E-state index contributed by atoms with van der Waals surface area (Å²) >= 11 is 0. The van der Waals surface area contributed by atoms with Gasteiger partial charge < -0.3 is 16.0 Å². The second kappa shape index (κ2) is 8.13. The normalized spacial score (nSPS) is 19.2. The average molecular weight is 332 g/mol. The molecule has 1 aromatic rings. The molecule has 0 spiro atoms. The van der Waals surface area contributed by atoms with Gasteiger partial charge in [0, 0.05) is 25.7 Å². The summed E-state index contributed by atoms with van der Waals surface area (Å²) in [4.78, 5) is 30.1. The minimum Gasteiger partial charge on any atom is -0.370 e. The van der Waals surface area contributed by atoms with E-state index in [0.717, 1.165) is 24.1 Å². The van der Waals surface area contributed by atoms with E-state index in [2.05, 4.69) is 24.1 Å². The molecule has 2 atom stereocenters. The molecule has 1 saturated heterocycles. The summed E-state index contributed by atoms with van der Waals surface area (Å²) < 4.78 is 0. The molecular weight excluding hydrogens is 304 g/mol. The van der Waals surface area contributed by atoms with Gasteiger partial charge in [-0.05, 0) is 43.2 Å². The fraction of sp³-hybridized carbons (Fsp3) is 0.611. The molecule has 3 N–H and O–H groups in total. The molecule has 6 heteroatoms. The molecule has 2 rings (SSSR count). The maximum absolute atomic E-state index is 12.7. The van der Waals surface area contributed by atoms with Gasteiger partial charge in [-0.3, -0.25) is 9.78 Å². The molecule has 1 aliphatic rings. The molecule has 3 amide bonds. The number of nitrogens with zero attached hydrogens (tertiary/aromatic N) is 2. The van der Waals surface area contributed by atoms with Crippen molar-refractivity contribution in [3.05, 3.63) is 29.6 Å². The molecule has 1 aliphatic heterocycles. The summed E-state index contributed by atoms with van der Waals surface area (Å²) in [5, 5.41) is 3.13. The van der Waals surface area contributed by atoms with Gasteiger partial charge in [-0.15, -0.1) is 0 Å². The van der Waals surface area contributed by atoms with E-state index in [-0.39, 0.29) is 29.8 Å². The largest absolute Gasteiger partial charge is 0.370 e. The summed E-state index contributed by atoms with van der Waals surface area (Å²) in [6.07, 6.45) is 3.95. The number of urea groups is 1. The second-order valence-electron chi connectivity index (χ2n) is 7.00. The number of likely N-dealkylation sites (tertiary alicyclic amines) is 1. The fourth-order valence-corrected chi connectivity index (χ4v) is 3.30. The van der Waals surface area contributed by atoms with Crippen molar-refractivity contribution in [2.45, 2.75) is 46.1 Å². The first-order valence-corrected chi connectivity index (χ1v) is 8.63. The lowest BCUT2D eigenvalue weighted by atomic mass is 9.94. The molecule has 1 fully saturated rings. The van der Waals surface area contributed by atoms with Crippen LogP contribution in [0, 0.1) is 18.8 Å². The van der Waals surface area contributed by atoms with Crippen molar-refractivity contribution in [3.63, 3.8) is 0 Å². The third-order valence-electron chi connectivity index (χ3n) is 4.59. The number of primary amides is 1. The summed E-state index contributed by atoms with van der Waals surface area (Å²) in [5.41, 5.74) is 7.27. The third-order valence-corrected chi connectivity index (χ3v) is 4.59. The van der Waals surface area contributed by atoms with E-state index >= 15 is 0 Å². The number of amides is 3. The fourth-order valence-electron chi connectivity index (χ4n) is 3.30. The Balaban J connectivity index is 2.05. The molecule has 0 unspecified atom stereocenters. The topological polar surface area (TPSA) is 88.3 Å². The van der Waals surface area contributed by atoms with Crippen molar-refractivity contribution in [2.24, 2.45) is 17.6 Å². The Morgan fingerprint density at radius 3 is 2.83 bits per heavy atom. The highest BCUT2D eigenvalue weighted by Gasteiger charge is 2.28. The van der Waals surface area contributed by atoms with Gasteiger partial charge in [0.1, 0.15) is 0 Å². The van der Waals surface area contributed by atoms with Gasteiger partial charge in [0.05, 0.1) is 11.7 Å². The molecule has 0 bridgehead atoms. The maximum atomic E-state index is 12.7. The smallest absolute Gasteiger partial charge is 0.317 e. The predicted octanol–water partition coefficient (Wildman–Crippen LogP) is 2.38. The number of carbonyl (C=O) groups excluding carboxylic acids is 2. The molecule has 0 aliphatic carbocycles. The van der Waals surface area contributed by atoms with Crippen molar-refractivity contribution >= 4 is 11.9 Å². The average Bonchev–Trinajstić information content (AvgIpc) is 2.52. The molecule has 24 heavy (non-hydrogen) atoms. The van der Waals surface area contributed by atoms with Crippen LogP contribution in [0.15, 0.2) is 18.3 Å². The first kappa shape index (κ1) is 18.2. The van der Waals surface area contributed by atoms with E-state index in [4.69, 9.17) is 5.73 Å². The van der Waals surface area contributed by atoms with Crippen LogP contribution in [-0.2, 0) is 4.79 Å². The number of hydrogen-bond donors (Lipinski definition) is 2. The molecular formula is C18H28N4O2. The number of nitrogens with one attached hydrogen (secondary N) is 1. The molecule has 1 aromatic heterocycles. The van der Waals surface area contributed by atoms with Crippen LogP contribution >= 0.6 is 0 Å². The quantitative estimate of drug-likeness (QED) is 0.867. The number of pyridine rings is 1. The number of hydrogen-bond acceptors (Lipinski definition) is 3. The Labute approximate surface area is 143 Å². The molecule has 0 saturated carbocycles. The zero-order valence-corrected chi connectivity index (χ0v) is 14.8. The van der Waals surface area contributed by atoms with E-state index in [1.807, 2.05) is 19.1 Å². The molecule has 0 aromatic carbocycles. The summed E-state index contributed by atoms with van der Waals surface area (Å²) in [6.45, 7) is 7.46. The maximum Gasteiger partial charge on any atom is 0.317 e. The van der Waals surface area contributed by atoms with Crippen molar-refractivity contribution in [3.8, 4) is 0 Å². The highest BCUT2D eigenvalue weighted by molar-refractivity contribution is 5.76. The van der Waals surface area contributed by atoms with Crippen LogP contribution in [0.3, 0.4) is 0 Å². The number of nitrogens with two attached hydrogens (primary N) is 1. The van der Waals surface area contributed by atoms with Crippen LogP contribution in [0.4, 0.5) is 4.79 Å². The van der Waals surface area contributed by atoms with Gasteiger partial charge >= 0.3 is 6.03 Å². The number of aromatic nitrogens is 1. The lowest BCUT2D eigenvalue weighted by Crippen LogP contribution is -2.48. The van der Waals surface area contributed by atoms with Crippen LogP contribution in [0.1, 0.15) is 50.4 Å². The summed E-state index contributed by atoms with van der Waals surface area (Å²) in [5.74, 6) is 0.0938. The zero-order valence-electron chi connectivity index (χ0n) is 14.8. The van der Waals surface area contributed by atoms with Crippen molar-refractivity contribution in [1.29, 1.82) is 0 Å². The van der Waals surface area contributed by atoms with Crippen LogP contribution in [0.2, 0.25) is 0 Å². The Hall–Kier alpha value is -2.11. The molecule has 2 heterocycles. The summed E-state index contributed by atoms with van der Waals surface area (Å²) in [6, 6.07) is 3.69. The van der Waals surface area contributed by atoms with E-state index in [9.17, 15) is 9.59 Å². The van der Waals surface area contributed by atoms with E-state index in [1.165, 1.54) is 0 Å². The van der Waals surface area contributed by atoms with Gasteiger partial charge in [-0.2, -0.15) is 0 Å². The SMILES string of the molecule is Cc1cccnc1[C@H](NC(=O)N1CCC[C@@H](CC(N)=O)C1)C(C)C. The van der Waals surface area contributed by atoms with Gasteiger partial charge in [-0.1, -0.05) is 19.9 Å². The first-order valence-electron chi connectivity index (χ1n) is 8.63. The van der Waals surface area contributed by atoms with Gasteiger partial charge in [0.25, 0.3) is 0 Å². The van der Waals surface area contributed by atoms with E-state index in [1.54, 1.807) is 11.1 Å². The zero-order chi connectivity index (χ0) is 17.7. The van der Waals surface area contributed by atoms with Crippen LogP contribution in [0.5, 0.6) is 0 Å². The first-order chi connectivity index (χ1) is 11.4. The highest BCUT2D eigenvalue weighted by atomic mass is 16.2. The molecule has 132 valence electrons. The van der Waals surface area contributed by atoms with Crippen molar-refractivity contribution < 1.29 is 9.59 Å². The van der Waals surface area contributed by atoms with Crippen LogP contribution in [-0.4, -0.2) is 34.9 Å². The van der Waals surface area contributed by atoms with Crippen molar-refractivity contribution in [2.75, 3.05) is 13.1 Å². The molecule has 6 nitrogen and oxygen atoms in total. The van der Waals surface area contributed by atoms with Crippen LogP contribution in [0.25, 0.3) is 0 Å². The van der Waals surface area contributed by atoms with E-state index in [0.29, 0.717) is 19.5 Å².